The van der Waals surface area contributed by atoms with Crippen LogP contribution in [0, 0.1) is 0 Å². The van der Waals surface area contributed by atoms with Gasteiger partial charge in [0.05, 0.1) is 32.0 Å². The van der Waals surface area contributed by atoms with E-state index in [2.05, 4.69) is 18.8 Å². The zero-order valence-corrected chi connectivity index (χ0v) is 29.0. The van der Waals surface area contributed by atoms with Crippen LogP contribution in [0.25, 0.3) is 0 Å². The van der Waals surface area contributed by atoms with E-state index in [0.717, 1.165) is 25.0 Å². The average Bonchev–Trinajstić information content (AvgIpc) is 3.03. The van der Waals surface area contributed by atoms with Gasteiger partial charge < -0.3 is 35.6 Å². The van der Waals surface area contributed by atoms with Gasteiger partial charge in [0.1, 0.15) is 18.3 Å². The summed E-state index contributed by atoms with van der Waals surface area (Å²) in [5, 5.41) is 52.0. The summed E-state index contributed by atoms with van der Waals surface area (Å²) in [6, 6.07) is -0.583. The van der Waals surface area contributed by atoms with Gasteiger partial charge in [-0.3, -0.25) is 0 Å². The lowest BCUT2D eigenvalue weighted by molar-refractivity contribution is -0.0722. The molecule has 0 spiro atoms. The van der Waals surface area contributed by atoms with Crippen LogP contribution in [0.15, 0.2) is 12.3 Å². The Morgan fingerprint density at radius 3 is 1.30 bits per heavy atom. The van der Waals surface area contributed by atoms with Crippen molar-refractivity contribution >= 4 is 0 Å². The summed E-state index contributed by atoms with van der Waals surface area (Å²) in [5.41, 5.74) is 0.792. The van der Waals surface area contributed by atoms with Crippen LogP contribution in [0.4, 0.5) is 0 Å². The van der Waals surface area contributed by atoms with Gasteiger partial charge >= 0.3 is 0 Å². The second-order valence-corrected chi connectivity index (χ2v) is 13.2. The molecule has 5 atom stereocenters. The van der Waals surface area contributed by atoms with E-state index in [9.17, 15) is 20.4 Å². The number of hydrogen-bond donors (Lipinski definition) is 6. The molecule has 0 aromatic rings. The van der Waals surface area contributed by atoms with Crippen LogP contribution in [0.3, 0.4) is 0 Å². The number of allylic oxidation sites excluding steroid dienone is 1. The van der Waals surface area contributed by atoms with Gasteiger partial charge in [0, 0.05) is 5.70 Å². The van der Waals surface area contributed by atoms with Crippen LogP contribution in [-0.4, -0.2) is 75.8 Å². The van der Waals surface area contributed by atoms with Gasteiger partial charge in [-0.15, -0.1) is 0 Å². The highest BCUT2D eigenvalue weighted by molar-refractivity contribution is 4.97. The lowest BCUT2D eigenvalue weighted by atomic mass is 10.0. The van der Waals surface area contributed by atoms with E-state index in [0.29, 0.717) is 6.42 Å². The molecule has 0 saturated carbocycles. The SMILES string of the molecule is C=C(CCCCCCCCCCCCCCCCCCCCCCCCC)N[C@@H](COC[C@H](O)[C@@H](O)CO)[C@H](O)[C@H](O)CC. The van der Waals surface area contributed by atoms with Gasteiger partial charge in [0.2, 0.25) is 0 Å². The Morgan fingerprint density at radius 1 is 0.545 bits per heavy atom. The molecule has 0 heterocycles. The fraction of sp³-hybridized carbons (Fsp3) is 0.946. The summed E-state index contributed by atoms with van der Waals surface area (Å²) in [6.45, 7) is 7.47. The van der Waals surface area contributed by atoms with Gasteiger partial charge in [0.15, 0.2) is 0 Å². The molecule has 6 N–H and O–H groups in total. The van der Waals surface area contributed by atoms with Gasteiger partial charge in [-0.1, -0.05) is 162 Å². The molecule has 0 rings (SSSR count). The van der Waals surface area contributed by atoms with Crippen LogP contribution < -0.4 is 5.32 Å². The molecule has 0 fully saturated rings. The number of unbranched alkanes of at least 4 members (excludes halogenated alkanes) is 22. The van der Waals surface area contributed by atoms with E-state index in [4.69, 9.17) is 9.84 Å². The third kappa shape index (κ3) is 26.5. The lowest BCUT2D eigenvalue weighted by Gasteiger charge is -2.29. The molecule has 264 valence electrons. The molecule has 0 unspecified atom stereocenters. The highest BCUT2D eigenvalue weighted by Gasteiger charge is 2.26. The number of rotatable bonds is 35. The molecule has 7 heteroatoms. The van der Waals surface area contributed by atoms with Crippen molar-refractivity contribution in [1.82, 2.24) is 5.32 Å². The van der Waals surface area contributed by atoms with Crippen molar-refractivity contribution in [3.63, 3.8) is 0 Å². The first-order valence-corrected chi connectivity index (χ1v) is 18.7. The van der Waals surface area contributed by atoms with E-state index in [-0.39, 0.29) is 13.2 Å². The molecule has 0 aliphatic rings. The smallest absolute Gasteiger partial charge is 0.105 e. The third-order valence-corrected chi connectivity index (χ3v) is 8.91. The number of aliphatic hydroxyl groups is 5. The van der Waals surface area contributed by atoms with Crippen molar-refractivity contribution in [1.29, 1.82) is 0 Å². The molecule has 0 aliphatic carbocycles. The number of ether oxygens (including phenoxy) is 1. The molecule has 0 saturated heterocycles. The Bertz CT molecular complexity index is 607. The molecule has 0 bridgehead atoms. The minimum absolute atomic E-state index is 0.0336. The zero-order chi connectivity index (χ0) is 32.7. The fourth-order valence-electron chi connectivity index (χ4n) is 5.74. The highest BCUT2D eigenvalue weighted by Crippen LogP contribution is 2.16. The van der Waals surface area contributed by atoms with E-state index < -0.39 is 37.1 Å². The zero-order valence-electron chi connectivity index (χ0n) is 29.0. The van der Waals surface area contributed by atoms with E-state index in [1.54, 1.807) is 6.92 Å². The lowest BCUT2D eigenvalue weighted by Crippen LogP contribution is -2.49. The minimum Gasteiger partial charge on any atom is -0.394 e. The van der Waals surface area contributed by atoms with Gasteiger partial charge in [-0.25, -0.2) is 0 Å². The van der Waals surface area contributed by atoms with Gasteiger partial charge in [-0.2, -0.15) is 0 Å². The Balaban J connectivity index is 3.67. The standard InChI is InChI=1S/C37H75NO6/c1-4-6-7-8-9-10-11-12-13-14-15-16-17-18-19-20-21-22-23-24-25-26-27-28-32(3)38-33(37(43)34(40)5-2)30-44-31-36(42)35(41)29-39/h33-43H,3-31H2,1-2H3/t33-,34+,35-,36-,37-/m0/s1. The fourth-order valence-corrected chi connectivity index (χ4v) is 5.74. The molecule has 44 heavy (non-hydrogen) atoms. The monoisotopic (exact) mass is 630 g/mol. The summed E-state index contributed by atoms with van der Waals surface area (Å²) in [7, 11) is 0. The first-order valence-electron chi connectivity index (χ1n) is 18.7. The Morgan fingerprint density at radius 2 is 0.932 bits per heavy atom. The average molecular weight is 630 g/mol. The summed E-state index contributed by atoms with van der Waals surface area (Å²) in [5.74, 6) is 0. The van der Waals surface area contributed by atoms with Crippen molar-refractivity contribution in [2.45, 2.75) is 205 Å². The summed E-state index contributed by atoms with van der Waals surface area (Å²) < 4.78 is 5.46. The number of aliphatic hydroxyl groups excluding tert-OH is 5. The largest absolute Gasteiger partial charge is 0.394 e. The van der Waals surface area contributed by atoms with Crippen molar-refractivity contribution in [3.05, 3.63) is 12.3 Å². The molecule has 0 aromatic heterocycles. The number of nitrogens with one attached hydrogen (secondary N) is 1. The summed E-state index contributed by atoms with van der Waals surface area (Å²) in [6.07, 6.45) is 28.2. The highest BCUT2D eigenvalue weighted by atomic mass is 16.5. The second kappa shape index (κ2) is 32.2. The third-order valence-electron chi connectivity index (χ3n) is 8.91. The van der Waals surface area contributed by atoms with Gasteiger partial charge in [0.25, 0.3) is 0 Å². The quantitative estimate of drug-likeness (QED) is 0.0397. The maximum Gasteiger partial charge on any atom is 0.105 e. The van der Waals surface area contributed by atoms with Crippen LogP contribution in [-0.2, 0) is 4.74 Å². The van der Waals surface area contributed by atoms with Crippen LogP contribution in [0.1, 0.15) is 174 Å². The van der Waals surface area contributed by atoms with Crippen LogP contribution >= 0.6 is 0 Å². The predicted octanol–water partition coefficient (Wildman–Crippen LogP) is 7.70. The molecule has 0 aromatic carbocycles. The molecule has 0 radical (unpaired) electrons. The Kier molecular flexibility index (Phi) is 31.7. The molecule has 7 nitrogen and oxygen atoms in total. The number of hydrogen-bond acceptors (Lipinski definition) is 7. The van der Waals surface area contributed by atoms with Crippen molar-refractivity contribution in [2.75, 3.05) is 19.8 Å². The molecule has 0 amide bonds. The summed E-state index contributed by atoms with van der Waals surface area (Å²) in [4.78, 5) is 0. The minimum atomic E-state index is -1.28. The predicted molar refractivity (Wildman–Crippen MR) is 185 cm³/mol. The van der Waals surface area contributed by atoms with E-state index in [1.807, 2.05) is 0 Å². The Hall–Kier alpha value is -0.700. The topological polar surface area (TPSA) is 122 Å². The van der Waals surface area contributed by atoms with Crippen LogP contribution in [0.5, 0.6) is 0 Å². The van der Waals surface area contributed by atoms with Crippen molar-refractivity contribution in [3.8, 4) is 0 Å². The normalized spacial score (nSPS) is 15.2. The first kappa shape index (κ1) is 43.3. The molecular weight excluding hydrogens is 554 g/mol. The maximum absolute atomic E-state index is 10.5. The van der Waals surface area contributed by atoms with E-state index in [1.165, 1.54) is 135 Å². The van der Waals surface area contributed by atoms with Crippen molar-refractivity contribution < 1.29 is 30.3 Å². The van der Waals surface area contributed by atoms with Crippen molar-refractivity contribution in [2.24, 2.45) is 0 Å². The second-order valence-electron chi connectivity index (χ2n) is 13.2. The summed E-state index contributed by atoms with van der Waals surface area (Å²) >= 11 is 0. The maximum atomic E-state index is 10.5. The molecule has 0 aliphatic heterocycles. The first-order chi connectivity index (χ1) is 21.4. The van der Waals surface area contributed by atoms with E-state index >= 15 is 0 Å². The van der Waals surface area contributed by atoms with Gasteiger partial charge in [-0.05, 0) is 19.3 Å². The molecular formula is C37H75NO6. The Labute approximate surface area is 272 Å². The van der Waals surface area contributed by atoms with Crippen LogP contribution in [0.2, 0.25) is 0 Å².